The van der Waals surface area contributed by atoms with Gasteiger partial charge >= 0.3 is 0 Å². The molecule has 0 aliphatic rings. The zero-order valence-electron chi connectivity index (χ0n) is 8.01. The van der Waals surface area contributed by atoms with E-state index in [1.807, 2.05) is 36.4 Å². The van der Waals surface area contributed by atoms with Crippen molar-refractivity contribution in [2.45, 2.75) is 0 Å². The second-order valence-corrected chi connectivity index (χ2v) is 2.66. The first-order valence-electron chi connectivity index (χ1n) is 4.29. The maximum absolute atomic E-state index is 10.4. The average molecular weight is 188 g/mol. The van der Waals surface area contributed by atoms with Crippen LogP contribution in [0.4, 0.5) is 0 Å². The minimum atomic E-state index is 0.317. The maximum atomic E-state index is 10.4. The van der Waals surface area contributed by atoms with E-state index in [9.17, 15) is 4.79 Å². The molecule has 72 valence electrons. The number of carbonyl (C=O) groups is 1. The van der Waals surface area contributed by atoms with Crippen molar-refractivity contribution < 1.29 is 9.53 Å². The van der Waals surface area contributed by atoms with Crippen LogP contribution in [0.2, 0.25) is 0 Å². The number of methoxy groups -OCH3 is 1. The van der Waals surface area contributed by atoms with Crippen molar-refractivity contribution in [3.63, 3.8) is 0 Å². The van der Waals surface area contributed by atoms with Crippen LogP contribution in [0.1, 0.15) is 5.56 Å². The van der Waals surface area contributed by atoms with Crippen molar-refractivity contribution >= 4 is 12.4 Å². The summed E-state index contributed by atoms with van der Waals surface area (Å²) >= 11 is 0. The first-order chi connectivity index (χ1) is 6.86. The highest BCUT2D eigenvalue weighted by Gasteiger charge is 1.87. The van der Waals surface area contributed by atoms with E-state index >= 15 is 0 Å². The van der Waals surface area contributed by atoms with Gasteiger partial charge in [-0.3, -0.25) is 4.79 Å². The number of allylic oxidation sites excluding steroid dienone is 3. The minimum Gasteiger partial charge on any atom is -0.493 e. The molecule has 0 bridgehead atoms. The highest BCUT2D eigenvalue weighted by Crippen LogP contribution is 2.01. The summed E-state index contributed by atoms with van der Waals surface area (Å²) in [4.78, 5) is 10.4. The Morgan fingerprint density at radius 2 is 2.00 bits per heavy atom. The van der Waals surface area contributed by atoms with Crippen molar-refractivity contribution in [3.05, 3.63) is 53.8 Å². The smallest absolute Gasteiger partial charge is 0.184 e. The van der Waals surface area contributed by atoms with Crippen LogP contribution >= 0.6 is 0 Å². The Bertz CT molecular complexity index is 337. The van der Waals surface area contributed by atoms with Gasteiger partial charge in [-0.15, -0.1) is 0 Å². The van der Waals surface area contributed by atoms with Gasteiger partial charge in [0.2, 0.25) is 0 Å². The second kappa shape index (κ2) is 5.75. The molecule has 0 amide bonds. The van der Waals surface area contributed by atoms with Crippen LogP contribution in [-0.4, -0.2) is 13.4 Å². The summed E-state index contributed by atoms with van der Waals surface area (Å²) in [5.41, 5.74) is 1.09. The van der Waals surface area contributed by atoms with Gasteiger partial charge in [-0.25, -0.2) is 0 Å². The fourth-order valence-corrected chi connectivity index (χ4v) is 0.974. The third-order valence-electron chi connectivity index (χ3n) is 1.70. The number of ether oxygens (including phenoxy) is 1. The molecule has 0 aromatic heterocycles. The molecular formula is C12H12O2. The standard InChI is InChI=1S/C12H12O2/c1-14-12(10-13)9-5-8-11-6-3-2-4-7-11/h2-10H,1H3. The molecule has 0 radical (unpaired) electrons. The Labute approximate surface area is 83.5 Å². The van der Waals surface area contributed by atoms with Gasteiger partial charge in [0, 0.05) is 0 Å². The first-order valence-corrected chi connectivity index (χ1v) is 4.29. The van der Waals surface area contributed by atoms with Gasteiger partial charge in [0.25, 0.3) is 0 Å². The Morgan fingerprint density at radius 3 is 2.57 bits per heavy atom. The molecule has 0 unspecified atom stereocenters. The molecule has 0 heterocycles. The fourth-order valence-electron chi connectivity index (χ4n) is 0.974. The predicted octanol–water partition coefficient (Wildman–Crippen LogP) is 2.43. The zero-order valence-corrected chi connectivity index (χ0v) is 8.01. The third kappa shape index (κ3) is 3.27. The normalized spacial score (nSPS) is 11.6. The molecule has 1 rings (SSSR count). The van der Waals surface area contributed by atoms with Gasteiger partial charge in [0.05, 0.1) is 7.11 Å². The topological polar surface area (TPSA) is 26.3 Å². The summed E-state index contributed by atoms with van der Waals surface area (Å²) in [5.74, 6) is 0.317. The molecule has 0 N–H and O–H groups in total. The van der Waals surface area contributed by atoms with Gasteiger partial charge in [-0.05, 0) is 11.6 Å². The van der Waals surface area contributed by atoms with Crippen molar-refractivity contribution in [1.29, 1.82) is 0 Å². The van der Waals surface area contributed by atoms with Crippen LogP contribution in [0.3, 0.4) is 0 Å². The number of rotatable bonds is 4. The molecule has 0 saturated heterocycles. The summed E-state index contributed by atoms with van der Waals surface area (Å²) in [6.45, 7) is 0. The quantitative estimate of drug-likeness (QED) is 0.314. The van der Waals surface area contributed by atoms with E-state index in [4.69, 9.17) is 4.74 Å². The molecule has 0 spiro atoms. The Hall–Kier alpha value is -1.83. The van der Waals surface area contributed by atoms with E-state index < -0.39 is 0 Å². The third-order valence-corrected chi connectivity index (χ3v) is 1.70. The predicted molar refractivity (Wildman–Crippen MR) is 56.6 cm³/mol. The molecule has 0 aliphatic carbocycles. The zero-order chi connectivity index (χ0) is 10.2. The summed E-state index contributed by atoms with van der Waals surface area (Å²) in [6, 6.07) is 9.84. The van der Waals surface area contributed by atoms with Crippen LogP contribution < -0.4 is 0 Å². The van der Waals surface area contributed by atoms with Gasteiger partial charge in [-0.1, -0.05) is 42.5 Å². The van der Waals surface area contributed by atoms with Crippen LogP contribution in [0.25, 0.3) is 6.08 Å². The Balaban J connectivity index is 2.65. The van der Waals surface area contributed by atoms with E-state index in [1.165, 1.54) is 7.11 Å². The number of hydrogen-bond acceptors (Lipinski definition) is 2. The monoisotopic (exact) mass is 188 g/mol. The van der Waals surface area contributed by atoms with Gasteiger partial charge < -0.3 is 4.74 Å². The molecule has 2 heteroatoms. The molecule has 0 saturated carbocycles. The molecule has 1 aromatic carbocycles. The lowest BCUT2D eigenvalue weighted by molar-refractivity contribution is -0.107. The Morgan fingerprint density at radius 1 is 1.29 bits per heavy atom. The van der Waals surface area contributed by atoms with E-state index in [1.54, 1.807) is 12.2 Å². The van der Waals surface area contributed by atoms with Crippen LogP contribution in [0, 0.1) is 0 Å². The SMILES string of the molecule is COC(C=O)=CC=Cc1ccccc1. The van der Waals surface area contributed by atoms with Gasteiger partial charge in [0.15, 0.2) is 12.0 Å². The highest BCUT2D eigenvalue weighted by atomic mass is 16.5. The summed E-state index contributed by atoms with van der Waals surface area (Å²) in [5, 5.41) is 0. The first kappa shape index (κ1) is 10.3. The lowest BCUT2D eigenvalue weighted by atomic mass is 10.2. The minimum absolute atomic E-state index is 0.317. The molecule has 0 aliphatic heterocycles. The lowest BCUT2D eigenvalue weighted by Crippen LogP contribution is -1.85. The molecule has 2 nitrogen and oxygen atoms in total. The summed E-state index contributed by atoms with van der Waals surface area (Å²) in [7, 11) is 1.47. The average Bonchev–Trinajstić information content (AvgIpc) is 2.26. The number of carbonyl (C=O) groups excluding carboxylic acids is 1. The molecule has 1 aromatic rings. The van der Waals surface area contributed by atoms with Crippen LogP contribution in [-0.2, 0) is 9.53 Å². The molecular weight excluding hydrogens is 176 g/mol. The van der Waals surface area contributed by atoms with Gasteiger partial charge in [0.1, 0.15) is 0 Å². The van der Waals surface area contributed by atoms with Gasteiger partial charge in [-0.2, -0.15) is 0 Å². The van der Waals surface area contributed by atoms with E-state index in [2.05, 4.69) is 0 Å². The molecule has 0 atom stereocenters. The summed E-state index contributed by atoms with van der Waals surface area (Å²) < 4.78 is 4.78. The summed E-state index contributed by atoms with van der Waals surface area (Å²) in [6.07, 6.45) is 5.99. The van der Waals surface area contributed by atoms with Crippen LogP contribution in [0.15, 0.2) is 48.2 Å². The van der Waals surface area contributed by atoms with Crippen molar-refractivity contribution in [2.75, 3.05) is 7.11 Å². The Kier molecular flexibility index (Phi) is 4.21. The molecule has 14 heavy (non-hydrogen) atoms. The second-order valence-electron chi connectivity index (χ2n) is 2.66. The van der Waals surface area contributed by atoms with Crippen molar-refractivity contribution in [2.24, 2.45) is 0 Å². The largest absolute Gasteiger partial charge is 0.493 e. The number of hydrogen-bond donors (Lipinski definition) is 0. The van der Waals surface area contributed by atoms with Crippen molar-refractivity contribution in [3.8, 4) is 0 Å². The van der Waals surface area contributed by atoms with E-state index in [0.717, 1.165) is 5.56 Å². The van der Waals surface area contributed by atoms with E-state index in [0.29, 0.717) is 12.0 Å². The lowest BCUT2D eigenvalue weighted by Gasteiger charge is -1.93. The highest BCUT2D eigenvalue weighted by molar-refractivity contribution is 5.71. The number of aldehydes is 1. The fraction of sp³-hybridized carbons (Fsp3) is 0.0833. The molecule has 0 fully saturated rings. The van der Waals surface area contributed by atoms with Crippen LogP contribution in [0.5, 0.6) is 0 Å². The maximum Gasteiger partial charge on any atom is 0.184 e. The van der Waals surface area contributed by atoms with Crippen molar-refractivity contribution in [1.82, 2.24) is 0 Å². The number of benzene rings is 1. The van der Waals surface area contributed by atoms with E-state index in [-0.39, 0.29) is 0 Å².